The van der Waals surface area contributed by atoms with Crippen molar-refractivity contribution in [2.45, 2.75) is 37.8 Å². The summed E-state index contributed by atoms with van der Waals surface area (Å²) in [6, 6.07) is 16.9. The second-order valence-corrected chi connectivity index (χ2v) is 9.95. The number of hydrogen-bond donors (Lipinski definition) is 3. The van der Waals surface area contributed by atoms with Crippen LogP contribution in [0, 0.1) is 29.1 Å². The van der Waals surface area contributed by atoms with Crippen LogP contribution in [0.4, 0.5) is 11.6 Å². The van der Waals surface area contributed by atoms with Gasteiger partial charge in [-0.15, -0.1) is 0 Å². The maximum Gasteiger partial charge on any atom is 0.298 e. The Labute approximate surface area is 215 Å². The van der Waals surface area contributed by atoms with E-state index in [1.165, 1.54) is 6.33 Å². The van der Waals surface area contributed by atoms with Gasteiger partial charge in [-0.2, -0.15) is 0 Å². The molecule has 2 aliphatic carbocycles. The Morgan fingerprint density at radius 2 is 1.81 bits per heavy atom. The predicted molar refractivity (Wildman–Crippen MR) is 141 cm³/mol. The molecule has 37 heavy (non-hydrogen) atoms. The minimum absolute atomic E-state index is 0.0212. The van der Waals surface area contributed by atoms with Crippen molar-refractivity contribution in [2.24, 2.45) is 11.8 Å². The zero-order valence-electron chi connectivity index (χ0n) is 20.4. The summed E-state index contributed by atoms with van der Waals surface area (Å²) in [4.78, 5) is 23.3. The number of nitrogens with one attached hydrogen (secondary N) is 2. The molecule has 186 valence electrons. The Bertz CT molecular complexity index is 1390. The van der Waals surface area contributed by atoms with Crippen LogP contribution in [0.3, 0.4) is 0 Å². The van der Waals surface area contributed by atoms with Gasteiger partial charge in [0.25, 0.3) is 5.91 Å². The summed E-state index contributed by atoms with van der Waals surface area (Å²) in [5.41, 5.74) is 7.60. The van der Waals surface area contributed by atoms with E-state index in [0.29, 0.717) is 34.5 Å². The molecular formula is C29H28N6O2. The molecule has 2 saturated carbocycles. The number of rotatable bonds is 6. The minimum atomic E-state index is -0.0844. The summed E-state index contributed by atoms with van der Waals surface area (Å²) >= 11 is 0. The fourth-order valence-corrected chi connectivity index (χ4v) is 5.27. The van der Waals surface area contributed by atoms with Crippen LogP contribution in [0.1, 0.15) is 36.8 Å². The summed E-state index contributed by atoms with van der Waals surface area (Å²) in [6.07, 6.45) is 5.49. The largest absolute Gasteiger partial charge is 0.457 e. The number of hydrogen-bond acceptors (Lipinski definition) is 7. The number of fused-ring (bicyclic) bond motifs is 2. The summed E-state index contributed by atoms with van der Waals surface area (Å²) in [7, 11) is 0. The van der Waals surface area contributed by atoms with Gasteiger partial charge in [0, 0.05) is 24.1 Å². The van der Waals surface area contributed by atoms with Crippen molar-refractivity contribution < 1.29 is 9.53 Å². The summed E-state index contributed by atoms with van der Waals surface area (Å²) in [5, 5.41) is 12.4. The van der Waals surface area contributed by atoms with Crippen molar-refractivity contribution in [2.75, 3.05) is 17.6 Å². The third kappa shape index (κ3) is 4.85. The number of nitrogens with zero attached hydrogens (tertiary/aromatic N) is 3. The van der Waals surface area contributed by atoms with E-state index in [-0.39, 0.29) is 29.5 Å². The molecule has 2 heterocycles. The molecule has 0 radical (unpaired) electrons. The van der Waals surface area contributed by atoms with Crippen molar-refractivity contribution in [1.29, 1.82) is 5.41 Å². The SMILES string of the molecule is N=C(c1ccc(Oc2ccccc2)cc1)c1c(N)ncnc1NC1CC2CC1N(C(=O)C#CC1CC1)C2. The second kappa shape index (κ2) is 9.58. The van der Waals surface area contributed by atoms with Gasteiger partial charge in [0.1, 0.15) is 29.5 Å². The lowest BCUT2D eigenvalue weighted by Crippen LogP contribution is -2.47. The summed E-state index contributed by atoms with van der Waals surface area (Å²) in [6.45, 7) is 0.757. The highest BCUT2D eigenvalue weighted by atomic mass is 16.5. The molecule has 6 rings (SSSR count). The van der Waals surface area contributed by atoms with Crippen molar-refractivity contribution in [1.82, 2.24) is 14.9 Å². The van der Waals surface area contributed by atoms with Gasteiger partial charge < -0.3 is 20.7 Å². The molecule has 2 aromatic carbocycles. The number of nitrogen functional groups attached to an aromatic ring is 1. The molecule has 1 aliphatic heterocycles. The molecule has 3 aromatic rings. The van der Waals surface area contributed by atoms with E-state index in [2.05, 4.69) is 27.1 Å². The van der Waals surface area contributed by atoms with E-state index in [1.54, 1.807) is 0 Å². The van der Waals surface area contributed by atoms with Crippen LogP contribution in [0.15, 0.2) is 60.9 Å². The van der Waals surface area contributed by atoms with Crippen molar-refractivity contribution in [3.63, 3.8) is 0 Å². The first kappa shape index (κ1) is 23.0. The molecule has 3 aliphatic rings. The lowest BCUT2D eigenvalue weighted by molar-refractivity contribution is -0.126. The first-order chi connectivity index (χ1) is 18.0. The monoisotopic (exact) mass is 492 g/mol. The van der Waals surface area contributed by atoms with E-state index in [4.69, 9.17) is 15.9 Å². The maximum atomic E-state index is 12.8. The topological polar surface area (TPSA) is 117 Å². The van der Waals surface area contributed by atoms with Crippen molar-refractivity contribution in [3.8, 4) is 23.3 Å². The number of aromatic nitrogens is 2. The van der Waals surface area contributed by atoms with Gasteiger partial charge in [-0.3, -0.25) is 10.2 Å². The number of piperidine rings is 1. The smallest absolute Gasteiger partial charge is 0.298 e. The third-order valence-corrected chi connectivity index (χ3v) is 7.27. The van der Waals surface area contributed by atoms with Crippen molar-refractivity contribution >= 4 is 23.3 Å². The molecule has 8 heteroatoms. The first-order valence-corrected chi connectivity index (χ1v) is 12.7. The quantitative estimate of drug-likeness (QED) is 0.353. The highest BCUT2D eigenvalue weighted by Crippen LogP contribution is 2.40. The fourth-order valence-electron chi connectivity index (χ4n) is 5.27. The molecule has 4 N–H and O–H groups in total. The van der Waals surface area contributed by atoms with Crippen LogP contribution >= 0.6 is 0 Å². The van der Waals surface area contributed by atoms with Gasteiger partial charge >= 0.3 is 0 Å². The number of carbonyl (C=O) groups is 1. The van der Waals surface area contributed by atoms with Crippen LogP contribution in [-0.4, -0.2) is 45.1 Å². The molecule has 3 atom stereocenters. The Morgan fingerprint density at radius 3 is 2.54 bits per heavy atom. The average Bonchev–Trinajstić information content (AvgIpc) is 3.54. The number of benzene rings is 2. The molecule has 1 saturated heterocycles. The van der Waals surface area contributed by atoms with Crippen LogP contribution in [-0.2, 0) is 4.79 Å². The van der Waals surface area contributed by atoms with Gasteiger partial charge in [-0.1, -0.05) is 24.1 Å². The molecule has 3 fully saturated rings. The van der Waals surface area contributed by atoms with Crippen LogP contribution in [0.5, 0.6) is 11.5 Å². The number of ether oxygens (including phenoxy) is 1. The molecule has 8 nitrogen and oxygen atoms in total. The van der Waals surface area contributed by atoms with Gasteiger partial charge in [-0.25, -0.2) is 9.97 Å². The lowest BCUT2D eigenvalue weighted by atomic mass is 10.0. The predicted octanol–water partition coefficient (Wildman–Crippen LogP) is 4.08. The number of anilines is 2. The number of carbonyl (C=O) groups excluding carboxylic acids is 1. The Morgan fingerprint density at radius 1 is 1.05 bits per heavy atom. The number of amides is 1. The third-order valence-electron chi connectivity index (χ3n) is 7.27. The van der Waals surface area contributed by atoms with Crippen LogP contribution in [0.25, 0.3) is 0 Å². The highest BCUT2D eigenvalue weighted by Gasteiger charge is 2.47. The van der Waals surface area contributed by atoms with Gasteiger partial charge in [0.15, 0.2) is 0 Å². The molecule has 1 amide bonds. The zero-order chi connectivity index (χ0) is 25.4. The maximum absolute atomic E-state index is 12.8. The van der Waals surface area contributed by atoms with Crippen LogP contribution < -0.4 is 15.8 Å². The summed E-state index contributed by atoms with van der Waals surface area (Å²) in [5.74, 6) is 8.86. The molecule has 2 bridgehead atoms. The number of para-hydroxylation sites is 1. The number of likely N-dealkylation sites (tertiary alicyclic amines) is 1. The summed E-state index contributed by atoms with van der Waals surface area (Å²) < 4.78 is 5.87. The van der Waals surface area contributed by atoms with Gasteiger partial charge in [0.05, 0.1) is 17.3 Å². The Hall–Kier alpha value is -4.38. The van der Waals surface area contributed by atoms with E-state index in [1.807, 2.05) is 59.5 Å². The van der Waals surface area contributed by atoms with Gasteiger partial charge in [-0.05, 0) is 73.9 Å². The molecule has 3 unspecified atom stereocenters. The average molecular weight is 493 g/mol. The van der Waals surface area contributed by atoms with Gasteiger partial charge in [0.2, 0.25) is 0 Å². The molecule has 0 spiro atoms. The molecular weight excluding hydrogens is 464 g/mol. The van der Waals surface area contributed by atoms with Crippen molar-refractivity contribution in [3.05, 3.63) is 72.1 Å². The Kier molecular flexibility index (Phi) is 5.97. The second-order valence-electron chi connectivity index (χ2n) is 9.95. The fraction of sp³-hybridized carbons (Fsp3) is 0.310. The molecule has 1 aromatic heterocycles. The van der Waals surface area contributed by atoms with E-state index < -0.39 is 0 Å². The zero-order valence-corrected chi connectivity index (χ0v) is 20.4. The number of nitrogens with two attached hydrogens (primary N) is 1. The van der Waals surface area contributed by atoms with E-state index in [0.717, 1.165) is 38.0 Å². The highest BCUT2D eigenvalue weighted by molar-refractivity contribution is 6.16. The van der Waals surface area contributed by atoms with E-state index >= 15 is 0 Å². The minimum Gasteiger partial charge on any atom is -0.457 e. The lowest BCUT2D eigenvalue weighted by Gasteiger charge is -2.33. The standard InChI is InChI=1S/C29H28N6O2/c30-27(20-9-11-22(12-10-20)37-21-4-2-1-3-5-21)26-28(31)32-17-33-29(26)34-23-14-19-15-24(23)35(16-19)25(36)13-8-18-6-7-18/h1-5,9-12,17-19,23-24,30H,6-7,14-16H2,(H3,31,32,33,34). The normalized spacial score (nSPS) is 21.7. The Balaban J connectivity index is 1.19. The van der Waals surface area contributed by atoms with Crippen LogP contribution in [0.2, 0.25) is 0 Å². The first-order valence-electron chi connectivity index (χ1n) is 12.7. The van der Waals surface area contributed by atoms with E-state index in [9.17, 15) is 4.79 Å².